The summed E-state index contributed by atoms with van der Waals surface area (Å²) in [7, 11) is 0. The van der Waals surface area contributed by atoms with Crippen molar-refractivity contribution < 1.29 is 8.78 Å². The predicted molar refractivity (Wildman–Crippen MR) is 65.5 cm³/mol. The van der Waals surface area contributed by atoms with Gasteiger partial charge >= 0.3 is 0 Å². The van der Waals surface area contributed by atoms with Crippen molar-refractivity contribution in [3.05, 3.63) is 53.1 Å². The summed E-state index contributed by atoms with van der Waals surface area (Å²) in [5.74, 6) is -0.902. The molecule has 2 rings (SSSR count). The van der Waals surface area contributed by atoms with Crippen molar-refractivity contribution in [1.29, 1.82) is 0 Å². The van der Waals surface area contributed by atoms with Crippen molar-refractivity contribution in [2.24, 2.45) is 0 Å². The molecule has 0 atom stereocenters. The van der Waals surface area contributed by atoms with Gasteiger partial charge in [-0.05, 0) is 36.4 Å². The van der Waals surface area contributed by atoms with Crippen LogP contribution in [-0.4, -0.2) is 0 Å². The molecule has 0 heterocycles. The largest absolute Gasteiger partial charge is 0.399 e. The van der Waals surface area contributed by atoms with Crippen LogP contribution in [0.4, 0.5) is 25.8 Å². The van der Waals surface area contributed by atoms with E-state index in [-0.39, 0.29) is 5.69 Å². The number of nitrogen functional groups attached to an aromatic ring is 1. The molecule has 0 spiro atoms. The maximum Gasteiger partial charge on any atom is 0.127 e. The summed E-state index contributed by atoms with van der Waals surface area (Å²) in [4.78, 5) is 0. The summed E-state index contributed by atoms with van der Waals surface area (Å²) in [6, 6.07) is 7.86. The molecule has 0 aliphatic heterocycles. The third-order valence-corrected chi connectivity index (χ3v) is 2.46. The van der Waals surface area contributed by atoms with Crippen LogP contribution in [0, 0.1) is 11.6 Å². The number of nitrogens with one attached hydrogen (secondary N) is 1. The first-order valence-electron chi connectivity index (χ1n) is 4.83. The smallest absolute Gasteiger partial charge is 0.127 e. The first-order valence-corrected chi connectivity index (χ1v) is 5.20. The van der Waals surface area contributed by atoms with Crippen LogP contribution < -0.4 is 11.1 Å². The Hall–Kier alpha value is -1.81. The second-order valence-electron chi connectivity index (χ2n) is 3.52. The van der Waals surface area contributed by atoms with E-state index in [1.54, 1.807) is 0 Å². The minimum atomic E-state index is -0.472. The molecule has 17 heavy (non-hydrogen) atoms. The number of hydrogen-bond donors (Lipinski definition) is 2. The van der Waals surface area contributed by atoms with Crippen molar-refractivity contribution in [2.45, 2.75) is 0 Å². The summed E-state index contributed by atoms with van der Waals surface area (Å²) < 4.78 is 26.1. The van der Waals surface area contributed by atoms with E-state index in [0.717, 1.165) is 0 Å². The van der Waals surface area contributed by atoms with E-state index < -0.39 is 11.6 Å². The lowest BCUT2D eigenvalue weighted by Crippen LogP contribution is -1.95. The minimum Gasteiger partial charge on any atom is -0.399 e. The average Bonchev–Trinajstić information content (AvgIpc) is 2.22. The molecule has 0 radical (unpaired) electrons. The lowest BCUT2D eigenvalue weighted by atomic mass is 10.2. The van der Waals surface area contributed by atoms with Crippen molar-refractivity contribution in [1.82, 2.24) is 0 Å². The molecule has 0 saturated carbocycles. The zero-order valence-electron chi connectivity index (χ0n) is 8.68. The van der Waals surface area contributed by atoms with E-state index >= 15 is 0 Å². The Morgan fingerprint density at radius 3 is 2.47 bits per heavy atom. The number of benzene rings is 2. The molecule has 0 aliphatic carbocycles. The molecule has 2 nitrogen and oxygen atoms in total. The quantitative estimate of drug-likeness (QED) is 0.797. The molecule has 0 aromatic heterocycles. The molecule has 2 aromatic carbocycles. The second kappa shape index (κ2) is 4.59. The van der Waals surface area contributed by atoms with Crippen molar-refractivity contribution >= 4 is 28.7 Å². The molecule has 0 unspecified atom stereocenters. The first-order chi connectivity index (χ1) is 8.04. The van der Waals surface area contributed by atoms with Crippen LogP contribution in [-0.2, 0) is 0 Å². The Morgan fingerprint density at radius 2 is 1.76 bits per heavy atom. The number of anilines is 3. The topological polar surface area (TPSA) is 38.0 Å². The Labute approximate surface area is 102 Å². The Kier molecular flexibility index (Phi) is 3.15. The van der Waals surface area contributed by atoms with Gasteiger partial charge in [-0.25, -0.2) is 8.78 Å². The van der Waals surface area contributed by atoms with Gasteiger partial charge in [0, 0.05) is 11.4 Å². The molecule has 88 valence electrons. The maximum absolute atomic E-state index is 13.1. The number of rotatable bonds is 2. The molecule has 0 fully saturated rings. The van der Waals surface area contributed by atoms with Crippen LogP contribution in [0.5, 0.6) is 0 Å². The predicted octanol–water partition coefficient (Wildman–Crippen LogP) is 3.94. The van der Waals surface area contributed by atoms with E-state index in [0.29, 0.717) is 16.4 Å². The van der Waals surface area contributed by atoms with Crippen LogP contribution in [0.2, 0.25) is 5.02 Å². The Balaban J connectivity index is 2.34. The third-order valence-electron chi connectivity index (χ3n) is 2.13. The SMILES string of the molecule is Nc1cc(F)cc(Nc2cc(F)ccc2Cl)c1. The molecular formula is C12H9ClF2N2. The van der Waals surface area contributed by atoms with Gasteiger partial charge in [0.2, 0.25) is 0 Å². The molecule has 0 bridgehead atoms. The normalized spacial score (nSPS) is 10.3. The maximum atomic E-state index is 13.1. The highest BCUT2D eigenvalue weighted by molar-refractivity contribution is 6.33. The monoisotopic (exact) mass is 254 g/mol. The van der Waals surface area contributed by atoms with Gasteiger partial charge in [-0.3, -0.25) is 0 Å². The minimum absolute atomic E-state index is 0.278. The molecule has 2 aromatic rings. The first kappa shape index (κ1) is 11.7. The van der Waals surface area contributed by atoms with Crippen molar-refractivity contribution in [3.8, 4) is 0 Å². The lowest BCUT2D eigenvalue weighted by molar-refractivity contribution is 0.628. The van der Waals surface area contributed by atoms with E-state index in [1.165, 1.54) is 36.4 Å². The van der Waals surface area contributed by atoms with Crippen LogP contribution in [0.25, 0.3) is 0 Å². The molecule has 0 aliphatic rings. The fourth-order valence-corrected chi connectivity index (χ4v) is 1.60. The van der Waals surface area contributed by atoms with Gasteiger partial charge in [-0.1, -0.05) is 11.6 Å². The van der Waals surface area contributed by atoms with E-state index in [4.69, 9.17) is 17.3 Å². The van der Waals surface area contributed by atoms with Crippen molar-refractivity contribution in [3.63, 3.8) is 0 Å². The highest BCUT2D eigenvalue weighted by atomic mass is 35.5. The fourth-order valence-electron chi connectivity index (χ4n) is 1.43. The highest BCUT2D eigenvalue weighted by Gasteiger charge is 2.04. The third kappa shape index (κ3) is 2.85. The van der Waals surface area contributed by atoms with E-state index in [1.807, 2.05) is 0 Å². The molecular weight excluding hydrogens is 246 g/mol. The van der Waals surface area contributed by atoms with Gasteiger partial charge in [0.25, 0.3) is 0 Å². The molecule has 0 amide bonds. The van der Waals surface area contributed by atoms with Gasteiger partial charge in [-0.2, -0.15) is 0 Å². The Morgan fingerprint density at radius 1 is 1.00 bits per heavy atom. The molecule has 3 N–H and O–H groups in total. The van der Waals surface area contributed by atoms with Crippen LogP contribution >= 0.6 is 11.6 Å². The summed E-state index contributed by atoms with van der Waals surface area (Å²) >= 11 is 5.87. The van der Waals surface area contributed by atoms with Gasteiger partial charge in [0.05, 0.1) is 10.7 Å². The number of hydrogen-bond acceptors (Lipinski definition) is 2. The Bertz CT molecular complexity index is 538. The highest BCUT2D eigenvalue weighted by Crippen LogP contribution is 2.27. The van der Waals surface area contributed by atoms with Crippen LogP contribution in [0.1, 0.15) is 0 Å². The lowest BCUT2D eigenvalue weighted by Gasteiger charge is -2.09. The van der Waals surface area contributed by atoms with Gasteiger partial charge < -0.3 is 11.1 Å². The van der Waals surface area contributed by atoms with E-state index in [9.17, 15) is 8.78 Å². The van der Waals surface area contributed by atoms with Crippen LogP contribution in [0.3, 0.4) is 0 Å². The van der Waals surface area contributed by atoms with Gasteiger partial charge in [0.1, 0.15) is 11.6 Å². The van der Waals surface area contributed by atoms with Gasteiger partial charge in [-0.15, -0.1) is 0 Å². The molecule has 5 heteroatoms. The standard InChI is InChI=1S/C12H9ClF2N2/c13-11-2-1-7(14)5-12(11)17-10-4-8(15)3-9(16)6-10/h1-6,17H,16H2. The van der Waals surface area contributed by atoms with Crippen LogP contribution in [0.15, 0.2) is 36.4 Å². The summed E-state index contributed by atoms with van der Waals surface area (Å²) in [6.45, 7) is 0. The summed E-state index contributed by atoms with van der Waals surface area (Å²) in [5, 5.41) is 3.14. The van der Waals surface area contributed by atoms with Gasteiger partial charge in [0.15, 0.2) is 0 Å². The van der Waals surface area contributed by atoms with Crippen molar-refractivity contribution in [2.75, 3.05) is 11.1 Å². The average molecular weight is 255 g/mol. The zero-order valence-corrected chi connectivity index (χ0v) is 9.43. The fraction of sp³-hybridized carbons (Fsp3) is 0. The zero-order chi connectivity index (χ0) is 12.4. The summed E-state index contributed by atoms with van der Waals surface area (Å²) in [6.07, 6.45) is 0. The summed E-state index contributed by atoms with van der Waals surface area (Å²) in [5.41, 5.74) is 6.54. The second-order valence-corrected chi connectivity index (χ2v) is 3.93. The molecule has 0 saturated heterocycles. The van der Waals surface area contributed by atoms with E-state index in [2.05, 4.69) is 5.32 Å². The number of nitrogens with two attached hydrogens (primary N) is 1. The number of halogens is 3.